The van der Waals surface area contributed by atoms with E-state index in [1.165, 1.54) is 37.9 Å². The standard InChI is InChI=1S/C17H24N2O2S.2C2HF3O2/c1-2-14(9-18-5-1)10-21-16-8-17(22-11-16)12-19(13-17)15-3-6-20-7-4-15;2*3-2(4,5)1(6)7/h1-2,5,9,15-16H,3-4,6-8,10-13H2;2*(H,6,7). The molecule has 0 aliphatic carbocycles. The second-order valence-corrected chi connectivity index (χ2v) is 9.83. The molecule has 1 unspecified atom stereocenters. The molecular formula is C21H26F6N2O6S. The number of halogens is 6. The van der Waals surface area contributed by atoms with Crippen LogP contribution in [0.5, 0.6) is 0 Å². The maximum Gasteiger partial charge on any atom is 0.490 e. The van der Waals surface area contributed by atoms with Crippen LogP contribution >= 0.6 is 11.8 Å². The quantitative estimate of drug-likeness (QED) is 0.546. The van der Waals surface area contributed by atoms with Crippen molar-refractivity contribution in [1.29, 1.82) is 0 Å². The number of alkyl halides is 6. The molecule has 15 heteroatoms. The number of hydrogen-bond donors (Lipinski definition) is 2. The summed E-state index contributed by atoms with van der Waals surface area (Å²) in [6.07, 6.45) is -2.43. The predicted molar refractivity (Wildman–Crippen MR) is 115 cm³/mol. The van der Waals surface area contributed by atoms with Crippen LogP contribution in [0, 0.1) is 0 Å². The van der Waals surface area contributed by atoms with Crippen LogP contribution < -0.4 is 0 Å². The zero-order chi connectivity index (χ0) is 27.0. The highest BCUT2D eigenvalue weighted by atomic mass is 32.2. The summed E-state index contributed by atoms with van der Waals surface area (Å²) in [7, 11) is 0. The van der Waals surface area contributed by atoms with Gasteiger partial charge in [-0.15, -0.1) is 11.8 Å². The first-order valence-electron chi connectivity index (χ1n) is 10.8. The van der Waals surface area contributed by atoms with Crippen molar-refractivity contribution in [3.63, 3.8) is 0 Å². The van der Waals surface area contributed by atoms with Crippen LogP contribution in [0.1, 0.15) is 24.8 Å². The van der Waals surface area contributed by atoms with Crippen LogP contribution in [0.3, 0.4) is 0 Å². The molecule has 1 aromatic rings. The van der Waals surface area contributed by atoms with Gasteiger partial charge in [0, 0.05) is 55.2 Å². The van der Waals surface area contributed by atoms with E-state index in [0.29, 0.717) is 17.5 Å². The monoisotopic (exact) mass is 548 g/mol. The van der Waals surface area contributed by atoms with Gasteiger partial charge in [-0.05, 0) is 30.9 Å². The lowest BCUT2D eigenvalue weighted by Crippen LogP contribution is -2.62. The van der Waals surface area contributed by atoms with E-state index in [0.717, 1.165) is 25.0 Å². The SMILES string of the molecule is O=C(O)C(F)(F)F.O=C(O)C(F)(F)F.c1cncc(COC2CSC3(C2)CN(C2CCOCC2)C3)c1. The summed E-state index contributed by atoms with van der Waals surface area (Å²) in [5.74, 6) is -4.37. The van der Waals surface area contributed by atoms with Crippen molar-refractivity contribution in [3.8, 4) is 0 Å². The predicted octanol–water partition coefficient (Wildman–Crippen LogP) is 3.60. The molecular weight excluding hydrogens is 522 g/mol. The van der Waals surface area contributed by atoms with Crippen molar-refractivity contribution in [3.05, 3.63) is 30.1 Å². The van der Waals surface area contributed by atoms with Gasteiger partial charge >= 0.3 is 24.3 Å². The van der Waals surface area contributed by atoms with Crippen molar-refractivity contribution in [2.75, 3.05) is 32.1 Å². The molecule has 1 aromatic heterocycles. The van der Waals surface area contributed by atoms with Crippen molar-refractivity contribution in [2.45, 2.75) is 55.1 Å². The fourth-order valence-electron chi connectivity index (χ4n) is 3.83. The van der Waals surface area contributed by atoms with E-state index in [9.17, 15) is 26.3 Å². The number of aromatic nitrogens is 1. The van der Waals surface area contributed by atoms with Crippen molar-refractivity contribution in [2.24, 2.45) is 0 Å². The van der Waals surface area contributed by atoms with Crippen molar-refractivity contribution < 1.29 is 55.6 Å². The number of pyridine rings is 1. The van der Waals surface area contributed by atoms with Crippen LogP contribution in [-0.4, -0.2) is 93.3 Å². The Bertz CT molecular complexity index is 822. The molecule has 3 aliphatic heterocycles. The van der Waals surface area contributed by atoms with Gasteiger partial charge in [0.05, 0.1) is 12.7 Å². The molecule has 1 atom stereocenters. The van der Waals surface area contributed by atoms with Gasteiger partial charge in [-0.3, -0.25) is 9.88 Å². The number of thioether (sulfide) groups is 1. The summed E-state index contributed by atoms with van der Waals surface area (Å²) in [6.45, 7) is 5.07. The fourth-order valence-corrected chi connectivity index (χ4v) is 5.40. The number of rotatable bonds is 4. The highest BCUT2D eigenvalue weighted by Gasteiger charge is 2.51. The van der Waals surface area contributed by atoms with Gasteiger partial charge in [0.1, 0.15) is 0 Å². The molecule has 1 spiro atoms. The number of hydrogen-bond acceptors (Lipinski definition) is 7. The highest BCUT2D eigenvalue weighted by Crippen LogP contribution is 2.47. The third kappa shape index (κ3) is 9.75. The number of ether oxygens (including phenoxy) is 2. The summed E-state index contributed by atoms with van der Waals surface area (Å²) in [5.41, 5.74) is 1.17. The van der Waals surface area contributed by atoms with Gasteiger partial charge in [0.15, 0.2) is 0 Å². The molecule has 3 aliphatic rings. The van der Waals surface area contributed by atoms with Crippen LogP contribution in [0.2, 0.25) is 0 Å². The topological polar surface area (TPSA) is 109 Å². The molecule has 0 aromatic carbocycles. The van der Waals surface area contributed by atoms with Crippen LogP contribution in [0.4, 0.5) is 26.3 Å². The molecule has 0 radical (unpaired) electrons. The number of carbonyl (C=O) groups is 2. The molecule has 2 N–H and O–H groups in total. The molecule has 0 amide bonds. The van der Waals surface area contributed by atoms with Gasteiger partial charge in [0.25, 0.3) is 0 Å². The second-order valence-electron chi connectivity index (χ2n) is 8.35. The van der Waals surface area contributed by atoms with Crippen molar-refractivity contribution in [1.82, 2.24) is 9.88 Å². The summed E-state index contributed by atoms with van der Waals surface area (Å²) in [4.78, 5) is 24.6. The highest BCUT2D eigenvalue weighted by molar-refractivity contribution is 8.01. The molecule has 4 rings (SSSR count). The largest absolute Gasteiger partial charge is 0.490 e. The van der Waals surface area contributed by atoms with E-state index in [2.05, 4.69) is 27.7 Å². The second kappa shape index (κ2) is 12.9. The van der Waals surface area contributed by atoms with Gasteiger partial charge in [-0.1, -0.05) is 6.07 Å². The lowest BCUT2D eigenvalue weighted by Gasteiger charge is -2.52. The number of carboxylic acid groups (broad SMARTS) is 2. The average molecular weight is 549 g/mol. The van der Waals surface area contributed by atoms with E-state index >= 15 is 0 Å². The number of aliphatic carboxylic acids is 2. The Morgan fingerprint density at radius 1 is 1.11 bits per heavy atom. The van der Waals surface area contributed by atoms with E-state index < -0.39 is 24.3 Å². The molecule has 3 fully saturated rings. The molecule has 4 heterocycles. The zero-order valence-electron chi connectivity index (χ0n) is 18.9. The number of nitrogens with zero attached hydrogens (tertiary/aromatic N) is 2. The minimum atomic E-state index is -5.08. The molecule has 36 heavy (non-hydrogen) atoms. The van der Waals surface area contributed by atoms with Gasteiger partial charge in [-0.2, -0.15) is 26.3 Å². The maximum atomic E-state index is 10.6. The molecule has 3 saturated heterocycles. The first-order chi connectivity index (χ1) is 16.7. The summed E-state index contributed by atoms with van der Waals surface area (Å²) < 4.78 is 75.5. The Labute approximate surface area is 206 Å². The molecule has 0 bridgehead atoms. The Balaban J connectivity index is 0.000000271. The van der Waals surface area contributed by atoms with E-state index in [1.54, 1.807) is 0 Å². The third-order valence-corrected chi connectivity index (χ3v) is 7.13. The summed E-state index contributed by atoms with van der Waals surface area (Å²) in [6, 6.07) is 4.82. The molecule has 8 nitrogen and oxygen atoms in total. The first-order valence-corrected chi connectivity index (χ1v) is 11.8. The average Bonchev–Trinajstić information content (AvgIpc) is 3.22. The molecule has 204 valence electrons. The third-order valence-electron chi connectivity index (χ3n) is 5.56. The lowest BCUT2D eigenvalue weighted by atomic mass is 9.89. The Morgan fingerprint density at radius 3 is 2.14 bits per heavy atom. The van der Waals surface area contributed by atoms with Crippen molar-refractivity contribution >= 4 is 23.7 Å². The maximum absolute atomic E-state index is 10.6. The summed E-state index contributed by atoms with van der Waals surface area (Å²) in [5, 5.41) is 14.2. The van der Waals surface area contributed by atoms with Gasteiger partial charge in [-0.25, -0.2) is 9.59 Å². The number of carboxylic acids is 2. The first kappa shape index (κ1) is 30.1. The van der Waals surface area contributed by atoms with Crippen LogP contribution in [0.15, 0.2) is 24.5 Å². The van der Waals surface area contributed by atoms with Gasteiger partial charge in [0.2, 0.25) is 0 Å². The molecule has 0 saturated carbocycles. The number of likely N-dealkylation sites (tertiary alicyclic amines) is 1. The van der Waals surface area contributed by atoms with E-state index in [1.807, 2.05) is 18.5 Å². The normalized spacial score (nSPS) is 22.0. The Morgan fingerprint density at radius 2 is 1.67 bits per heavy atom. The summed E-state index contributed by atoms with van der Waals surface area (Å²) >= 11 is 2.13. The van der Waals surface area contributed by atoms with Gasteiger partial charge < -0.3 is 19.7 Å². The van der Waals surface area contributed by atoms with Crippen LogP contribution in [-0.2, 0) is 25.7 Å². The smallest absolute Gasteiger partial charge is 0.475 e. The van der Waals surface area contributed by atoms with E-state index in [4.69, 9.17) is 29.3 Å². The fraction of sp³-hybridized carbons (Fsp3) is 0.667. The lowest BCUT2D eigenvalue weighted by molar-refractivity contribution is -0.193. The zero-order valence-corrected chi connectivity index (χ0v) is 19.7. The minimum absolute atomic E-state index is 0.405. The van der Waals surface area contributed by atoms with E-state index in [-0.39, 0.29) is 0 Å². The van der Waals surface area contributed by atoms with Crippen LogP contribution in [0.25, 0.3) is 0 Å². The Kier molecular flexibility index (Phi) is 10.8. The minimum Gasteiger partial charge on any atom is -0.475 e. The Hall–Kier alpha value is -2.10.